The second-order valence-electron chi connectivity index (χ2n) is 3.94. The average Bonchev–Trinajstić information content (AvgIpc) is 2.67. The van der Waals surface area contributed by atoms with E-state index in [9.17, 15) is 4.79 Å². The molecule has 4 heteroatoms. The first kappa shape index (κ1) is 11.0. The monoisotopic (exact) mass is 256 g/mol. The first-order valence-electron chi connectivity index (χ1n) is 5.49. The van der Waals surface area contributed by atoms with E-state index in [0.29, 0.717) is 10.7 Å². The first-order valence-corrected chi connectivity index (χ1v) is 5.87. The van der Waals surface area contributed by atoms with E-state index in [4.69, 9.17) is 11.6 Å². The lowest BCUT2D eigenvalue weighted by Crippen LogP contribution is -2.13. The zero-order valence-corrected chi connectivity index (χ0v) is 10.1. The summed E-state index contributed by atoms with van der Waals surface area (Å²) >= 11 is 5.95. The highest BCUT2D eigenvalue weighted by atomic mass is 35.5. The fraction of sp³-hybridized carbons (Fsp3) is 0. The zero-order valence-electron chi connectivity index (χ0n) is 9.35. The van der Waals surface area contributed by atoms with Crippen molar-refractivity contribution in [3.8, 4) is 0 Å². The van der Waals surface area contributed by atoms with Gasteiger partial charge in [-0.15, -0.1) is 0 Å². The third-order valence-electron chi connectivity index (χ3n) is 2.70. The normalized spacial score (nSPS) is 15.6. The Labute approximate surface area is 109 Å². The van der Waals surface area contributed by atoms with Crippen LogP contribution >= 0.6 is 11.6 Å². The van der Waals surface area contributed by atoms with E-state index in [2.05, 4.69) is 10.3 Å². The van der Waals surface area contributed by atoms with Crippen molar-refractivity contribution < 1.29 is 4.79 Å². The van der Waals surface area contributed by atoms with Crippen molar-refractivity contribution in [2.75, 3.05) is 5.32 Å². The van der Waals surface area contributed by atoms with Gasteiger partial charge in [-0.1, -0.05) is 29.8 Å². The molecule has 1 N–H and O–H groups in total. The van der Waals surface area contributed by atoms with Crippen LogP contribution in [0.25, 0.3) is 0 Å². The van der Waals surface area contributed by atoms with Crippen LogP contribution < -0.4 is 5.32 Å². The molecule has 3 rings (SSSR count). The summed E-state index contributed by atoms with van der Waals surface area (Å²) in [6, 6.07) is 14.6. The molecule has 0 aliphatic carbocycles. The molecule has 0 saturated heterocycles. The number of rotatable bonds is 1. The minimum atomic E-state index is -0.198. The van der Waals surface area contributed by atoms with E-state index in [1.54, 1.807) is 18.2 Å². The largest absolute Gasteiger partial charge is 0.320 e. The number of fused-ring (bicyclic) bond motifs is 1. The van der Waals surface area contributed by atoms with Crippen LogP contribution in [-0.2, 0) is 4.79 Å². The molecule has 18 heavy (non-hydrogen) atoms. The van der Waals surface area contributed by atoms with Gasteiger partial charge in [-0.05, 0) is 30.3 Å². The molecule has 2 aromatic carbocycles. The van der Waals surface area contributed by atoms with Crippen molar-refractivity contribution in [1.82, 2.24) is 0 Å². The SMILES string of the molecule is O=C1Nc2ccc(Cl)cc2/C1=N/c1ccccc1. The van der Waals surface area contributed by atoms with Gasteiger partial charge < -0.3 is 5.32 Å². The molecule has 2 aromatic rings. The first-order chi connectivity index (χ1) is 8.74. The third kappa shape index (κ3) is 1.89. The Morgan fingerprint density at radius 3 is 2.61 bits per heavy atom. The van der Waals surface area contributed by atoms with Gasteiger partial charge in [0.1, 0.15) is 5.71 Å². The van der Waals surface area contributed by atoms with Crippen LogP contribution in [-0.4, -0.2) is 11.6 Å². The number of carbonyl (C=O) groups excluding carboxylic acids is 1. The number of halogens is 1. The van der Waals surface area contributed by atoms with Crippen LogP contribution in [0.4, 0.5) is 11.4 Å². The van der Waals surface area contributed by atoms with Crippen molar-refractivity contribution >= 4 is 34.6 Å². The number of anilines is 1. The molecule has 0 unspecified atom stereocenters. The Hall–Kier alpha value is -2.13. The van der Waals surface area contributed by atoms with Gasteiger partial charge >= 0.3 is 0 Å². The topological polar surface area (TPSA) is 41.5 Å². The molecule has 0 atom stereocenters. The Bertz CT molecular complexity index is 650. The van der Waals surface area contributed by atoms with Crippen LogP contribution in [0.2, 0.25) is 5.02 Å². The maximum absolute atomic E-state index is 11.9. The molecule has 0 fully saturated rings. The third-order valence-corrected chi connectivity index (χ3v) is 2.93. The van der Waals surface area contributed by atoms with E-state index < -0.39 is 0 Å². The standard InChI is InChI=1S/C14H9ClN2O/c15-9-6-7-12-11(8-9)13(14(18)17-12)16-10-4-2-1-3-5-10/h1-8H,(H,16,17,18). The summed E-state index contributed by atoms with van der Waals surface area (Å²) in [4.78, 5) is 16.2. The predicted molar refractivity (Wildman–Crippen MR) is 72.7 cm³/mol. The van der Waals surface area contributed by atoms with E-state index in [-0.39, 0.29) is 5.91 Å². The van der Waals surface area contributed by atoms with E-state index in [0.717, 1.165) is 16.9 Å². The molecule has 1 aliphatic heterocycles. The number of hydrogen-bond donors (Lipinski definition) is 1. The molecular formula is C14H9ClN2O. The van der Waals surface area contributed by atoms with Crippen LogP contribution in [0.1, 0.15) is 5.56 Å². The average molecular weight is 257 g/mol. The van der Waals surface area contributed by atoms with Crippen LogP contribution in [0.3, 0.4) is 0 Å². The maximum atomic E-state index is 11.9. The highest BCUT2D eigenvalue weighted by Crippen LogP contribution is 2.28. The zero-order chi connectivity index (χ0) is 12.5. The number of amides is 1. The summed E-state index contributed by atoms with van der Waals surface area (Å²) in [5.41, 5.74) is 2.64. The number of carbonyl (C=O) groups is 1. The number of hydrogen-bond acceptors (Lipinski definition) is 2. The van der Waals surface area contributed by atoms with Gasteiger partial charge in [0, 0.05) is 10.6 Å². The Morgan fingerprint density at radius 1 is 1.06 bits per heavy atom. The van der Waals surface area contributed by atoms with Gasteiger partial charge in [0.2, 0.25) is 0 Å². The van der Waals surface area contributed by atoms with Crippen molar-refractivity contribution in [1.29, 1.82) is 0 Å². The molecule has 0 bridgehead atoms. The van der Waals surface area contributed by atoms with Crippen molar-refractivity contribution in [2.24, 2.45) is 4.99 Å². The van der Waals surface area contributed by atoms with Gasteiger partial charge in [0.05, 0.1) is 11.4 Å². The highest BCUT2D eigenvalue weighted by Gasteiger charge is 2.25. The van der Waals surface area contributed by atoms with Crippen molar-refractivity contribution in [3.05, 3.63) is 59.1 Å². The summed E-state index contributed by atoms with van der Waals surface area (Å²) < 4.78 is 0. The molecule has 0 radical (unpaired) electrons. The van der Waals surface area contributed by atoms with Crippen LogP contribution in [0, 0.1) is 0 Å². The summed E-state index contributed by atoms with van der Waals surface area (Å²) in [6.07, 6.45) is 0. The van der Waals surface area contributed by atoms with Crippen LogP contribution in [0.5, 0.6) is 0 Å². The van der Waals surface area contributed by atoms with Gasteiger partial charge in [0.15, 0.2) is 0 Å². The fourth-order valence-corrected chi connectivity index (χ4v) is 2.04. The lowest BCUT2D eigenvalue weighted by atomic mass is 10.1. The van der Waals surface area contributed by atoms with E-state index in [1.807, 2.05) is 30.3 Å². The highest BCUT2D eigenvalue weighted by molar-refractivity contribution is 6.54. The molecule has 0 spiro atoms. The molecule has 3 nitrogen and oxygen atoms in total. The quantitative estimate of drug-likeness (QED) is 0.835. The lowest BCUT2D eigenvalue weighted by molar-refractivity contribution is -0.110. The number of nitrogens with zero attached hydrogens (tertiary/aromatic N) is 1. The van der Waals surface area contributed by atoms with E-state index >= 15 is 0 Å². The van der Waals surface area contributed by atoms with Gasteiger partial charge in [-0.25, -0.2) is 4.99 Å². The van der Waals surface area contributed by atoms with Gasteiger partial charge in [-0.2, -0.15) is 0 Å². The van der Waals surface area contributed by atoms with Crippen LogP contribution in [0.15, 0.2) is 53.5 Å². The Kier molecular flexibility index (Phi) is 2.61. The molecule has 1 amide bonds. The second kappa shape index (κ2) is 4.27. The summed E-state index contributed by atoms with van der Waals surface area (Å²) in [7, 11) is 0. The Balaban J connectivity index is 2.12. The predicted octanol–water partition coefficient (Wildman–Crippen LogP) is 3.41. The molecule has 1 aliphatic rings. The minimum absolute atomic E-state index is 0.198. The molecule has 88 valence electrons. The second-order valence-corrected chi connectivity index (χ2v) is 4.38. The minimum Gasteiger partial charge on any atom is -0.320 e. The number of aliphatic imine (C=N–C) groups is 1. The fourth-order valence-electron chi connectivity index (χ4n) is 1.87. The molecule has 1 heterocycles. The number of benzene rings is 2. The molecule has 0 aromatic heterocycles. The summed E-state index contributed by atoms with van der Waals surface area (Å²) in [6.45, 7) is 0. The van der Waals surface area contributed by atoms with E-state index in [1.165, 1.54) is 0 Å². The number of para-hydroxylation sites is 1. The maximum Gasteiger partial charge on any atom is 0.275 e. The van der Waals surface area contributed by atoms with Crippen molar-refractivity contribution in [3.63, 3.8) is 0 Å². The van der Waals surface area contributed by atoms with Gasteiger partial charge in [-0.3, -0.25) is 4.79 Å². The van der Waals surface area contributed by atoms with Crippen molar-refractivity contribution in [2.45, 2.75) is 0 Å². The summed E-state index contributed by atoms with van der Waals surface area (Å²) in [5.74, 6) is -0.198. The smallest absolute Gasteiger partial charge is 0.275 e. The summed E-state index contributed by atoms with van der Waals surface area (Å²) in [5, 5.41) is 3.36. The van der Waals surface area contributed by atoms with Gasteiger partial charge in [0.25, 0.3) is 5.91 Å². The Morgan fingerprint density at radius 2 is 1.83 bits per heavy atom. The molecule has 0 saturated carbocycles. The molecular weight excluding hydrogens is 248 g/mol. The lowest BCUT2D eigenvalue weighted by Gasteiger charge is -1.98. The number of nitrogens with one attached hydrogen (secondary N) is 1.